The van der Waals surface area contributed by atoms with E-state index in [4.69, 9.17) is 5.26 Å². The minimum absolute atomic E-state index is 0.111. The van der Waals surface area contributed by atoms with Crippen LogP contribution in [-0.4, -0.2) is 4.92 Å². The number of nitrogens with zero attached hydrogens (tertiary/aromatic N) is 2. The normalized spacial score (nSPS) is 10.1. The lowest BCUT2D eigenvalue weighted by molar-refractivity contribution is -0.387. The predicted molar refractivity (Wildman–Crippen MR) is 52.3 cm³/mol. The van der Waals surface area contributed by atoms with E-state index in [0.29, 0.717) is 0 Å². The van der Waals surface area contributed by atoms with E-state index in [1.165, 1.54) is 24.3 Å². The van der Waals surface area contributed by atoms with E-state index in [1.807, 2.05) is 6.07 Å². The first-order valence-corrected chi connectivity index (χ1v) is 4.13. The van der Waals surface area contributed by atoms with Crippen molar-refractivity contribution >= 4 is 11.8 Å². The van der Waals surface area contributed by atoms with Crippen LogP contribution >= 0.6 is 0 Å². The molecule has 0 saturated carbocycles. The molecule has 0 radical (unpaired) electrons. The molecule has 76 valence electrons. The molecule has 5 heteroatoms. The van der Waals surface area contributed by atoms with Gasteiger partial charge in [-0.2, -0.15) is 9.65 Å². The standard InChI is InChI=1S/C10H7FN2O2/c11-10-8(4-1-2-7-12)5-3-6-9(10)13(14)15/h1,3-6H,2H2. The van der Waals surface area contributed by atoms with Crippen LogP contribution in [0.2, 0.25) is 0 Å². The van der Waals surface area contributed by atoms with E-state index >= 15 is 0 Å². The van der Waals surface area contributed by atoms with Gasteiger partial charge in [0.25, 0.3) is 0 Å². The molecule has 15 heavy (non-hydrogen) atoms. The van der Waals surface area contributed by atoms with Crippen molar-refractivity contribution in [2.75, 3.05) is 0 Å². The molecule has 0 aliphatic heterocycles. The van der Waals surface area contributed by atoms with Crippen LogP contribution in [0.15, 0.2) is 24.3 Å². The first-order chi connectivity index (χ1) is 7.16. The molecule has 0 unspecified atom stereocenters. The van der Waals surface area contributed by atoms with E-state index in [9.17, 15) is 14.5 Å². The Kier molecular flexibility index (Phi) is 3.52. The minimum Gasteiger partial charge on any atom is -0.258 e. The van der Waals surface area contributed by atoms with Gasteiger partial charge in [-0.15, -0.1) is 0 Å². The molecular weight excluding hydrogens is 199 g/mol. The van der Waals surface area contributed by atoms with E-state index in [2.05, 4.69) is 0 Å². The molecule has 0 heterocycles. The zero-order chi connectivity index (χ0) is 11.3. The largest absolute Gasteiger partial charge is 0.305 e. The summed E-state index contributed by atoms with van der Waals surface area (Å²) >= 11 is 0. The maximum atomic E-state index is 13.4. The fraction of sp³-hybridized carbons (Fsp3) is 0.100. The maximum Gasteiger partial charge on any atom is 0.305 e. The van der Waals surface area contributed by atoms with E-state index < -0.39 is 16.4 Å². The summed E-state index contributed by atoms with van der Waals surface area (Å²) in [6, 6.07) is 5.75. The van der Waals surface area contributed by atoms with Gasteiger partial charge in [-0.25, -0.2) is 0 Å². The number of allylic oxidation sites excluding steroid dienone is 1. The second kappa shape index (κ2) is 4.86. The Balaban J connectivity index is 3.06. The first-order valence-electron chi connectivity index (χ1n) is 4.13. The van der Waals surface area contributed by atoms with Crippen LogP contribution in [0, 0.1) is 27.3 Å². The number of nitro groups is 1. The van der Waals surface area contributed by atoms with Crippen LogP contribution in [-0.2, 0) is 0 Å². The lowest BCUT2D eigenvalue weighted by Crippen LogP contribution is -1.93. The molecule has 0 spiro atoms. The first kappa shape index (κ1) is 10.9. The Morgan fingerprint density at radius 3 is 2.93 bits per heavy atom. The van der Waals surface area contributed by atoms with Crippen molar-refractivity contribution in [3.8, 4) is 6.07 Å². The monoisotopic (exact) mass is 206 g/mol. The summed E-state index contributed by atoms with van der Waals surface area (Å²) < 4.78 is 13.4. The van der Waals surface area contributed by atoms with Crippen molar-refractivity contribution < 1.29 is 9.31 Å². The number of hydrogen-bond donors (Lipinski definition) is 0. The van der Waals surface area contributed by atoms with Crippen molar-refractivity contribution in [2.24, 2.45) is 0 Å². The third kappa shape index (κ3) is 2.61. The van der Waals surface area contributed by atoms with Crippen molar-refractivity contribution in [2.45, 2.75) is 6.42 Å². The third-order valence-corrected chi connectivity index (χ3v) is 1.71. The summed E-state index contributed by atoms with van der Waals surface area (Å²) in [6.45, 7) is 0. The van der Waals surface area contributed by atoms with Gasteiger partial charge in [-0.3, -0.25) is 10.1 Å². The Morgan fingerprint density at radius 1 is 1.60 bits per heavy atom. The SMILES string of the molecule is N#CCC=Cc1cccc([N+](=O)[O-])c1F. The molecule has 0 bridgehead atoms. The van der Waals surface area contributed by atoms with Crippen molar-refractivity contribution in [1.82, 2.24) is 0 Å². The van der Waals surface area contributed by atoms with Gasteiger partial charge in [-0.05, 0) is 0 Å². The minimum atomic E-state index is -0.878. The van der Waals surface area contributed by atoms with Crippen LogP contribution in [0.25, 0.3) is 6.08 Å². The number of benzene rings is 1. The topological polar surface area (TPSA) is 66.9 Å². The van der Waals surface area contributed by atoms with Gasteiger partial charge in [0.1, 0.15) is 0 Å². The van der Waals surface area contributed by atoms with Crippen molar-refractivity contribution in [3.05, 3.63) is 45.8 Å². The molecular formula is C10H7FN2O2. The third-order valence-electron chi connectivity index (χ3n) is 1.71. The Morgan fingerprint density at radius 2 is 2.33 bits per heavy atom. The molecule has 4 nitrogen and oxygen atoms in total. The summed E-state index contributed by atoms with van der Waals surface area (Å²) in [6.07, 6.45) is 2.94. The summed E-state index contributed by atoms with van der Waals surface area (Å²) in [5, 5.41) is 18.6. The fourth-order valence-corrected chi connectivity index (χ4v) is 1.05. The van der Waals surface area contributed by atoms with Gasteiger partial charge in [0.2, 0.25) is 5.82 Å². The van der Waals surface area contributed by atoms with Gasteiger partial charge in [0.15, 0.2) is 0 Å². The van der Waals surface area contributed by atoms with Gasteiger partial charge < -0.3 is 0 Å². The summed E-state index contributed by atoms with van der Waals surface area (Å²) in [7, 11) is 0. The smallest absolute Gasteiger partial charge is 0.258 e. The zero-order valence-corrected chi connectivity index (χ0v) is 7.68. The molecule has 0 aromatic heterocycles. The van der Waals surface area contributed by atoms with Crippen molar-refractivity contribution in [3.63, 3.8) is 0 Å². The maximum absolute atomic E-state index is 13.4. The lowest BCUT2D eigenvalue weighted by atomic mass is 10.1. The molecule has 0 aliphatic carbocycles. The second-order valence-corrected chi connectivity index (χ2v) is 2.70. The summed E-state index contributed by atoms with van der Waals surface area (Å²) in [5.41, 5.74) is -0.450. The van der Waals surface area contributed by atoms with Crippen LogP contribution in [0.1, 0.15) is 12.0 Å². The van der Waals surface area contributed by atoms with E-state index in [-0.39, 0.29) is 12.0 Å². The molecule has 1 aromatic carbocycles. The van der Waals surface area contributed by atoms with Crippen LogP contribution in [0.5, 0.6) is 0 Å². The highest BCUT2D eigenvalue weighted by Gasteiger charge is 2.15. The summed E-state index contributed by atoms with van der Waals surface area (Å²) in [5.74, 6) is -0.878. The molecule has 0 saturated heterocycles. The van der Waals surface area contributed by atoms with Gasteiger partial charge in [0.05, 0.1) is 17.4 Å². The Bertz CT molecular complexity index is 449. The summed E-state index contributed by atoms with van der Waals surface area (Å²) in [4.78, 5) is 9.61. The highest BCUT2D eigenvalue weighted by Crippen LogP contribution is 2.20. The van der Waals surface area contributed by atoms with Crippen molar-refractivity contribution in [1.29, 1.82) is 5.26 Å². The van der Waals surface area contributed by atoms with E-state index in [1.54, 1.807) is 0 Å². The zero-order valence-electron chi connectivity index (χ0n) is 7.68. The molecule has 1 aromatic rings. The highest BCUT2D eigenvalue weighted by molar-refractivity contribution is 5.54. The quantitative estimate of drug-likeness (QED) is 0.564. The number of rotatable bonds is 3. The highest BCUT2D eigenvalue weighted by atomic mass is 19.1. The van der Waals surface area contributed by atoms with Gasteiger partial charge in [-0.1, -0.05) is 24.3 Å². The Labute approximate surface area is 85.4 Å². The van der Waals surface area contributed by atoms with Crippen LogP contribution < -0.4 is 0 Å². The second-order valence-electron chi connectivity index (χ2n) is 2.70. The van der Waals surface area contributed by atoms with E-state index in [0.717, 1.165) is 6.07 Å². The van der Waals surface area contributed by atoms with Crippen LogP contribution in [0.4, 0.5) is 10.1 Å². The molecule has 1 rings (SSSR count). The molecule has 0 N–H and O–H groups in total. The lowest BCUT2D eigenvalue weighted by Gasteiger charge is -1.97. The average molecular weight is 206 g/mol. The molecule has 0 aliphatic rings. The predicted octanol–water partition coefficient (Wildman–Crippen LogP) is 2.66. The fourth-order valence-electron chi connectivity index (χ4n) is 1.05. The average Bonchev–Trinajstić information content (AvgIpc) is 2.20. The van der Waals surface area contributed by atoms with Gasteiger partial charge >= 0.3 is 5.69 Å². The number of nitriles is 1. The number of nitro benzene ring substituents is 1. The van der Waals surface area contributed by atoms with Crippen LogP contribution in [0.3, 0.4) is 0 Å². The van der Waals surface area contributed by atoms with Gasteiger partial charge in [0, 0.05) is 11.6 Å². The molecule has 0 amide bonds. The number of hydrogen-bond acceptors (Lipinski definition) is 3. The Hall–Kier alpha value is -2.22. The molecule has 0 fully saturated rings. The molecule has 0 atom stereocenters. The number of halogens is 1.